The number of nitrogens with zero attached hydrogens (tertiary/aromatic N) is 1. The van der Waals surface area contributed by atoms with E-state index in [2.05, 4.69) is 31.4 Å². The normalized spacial score (nSPS) is 20.3. The fourth-order valence-corrected chi connectivity index (χ4v) is 7.14. The predicted octanol–water partition coefficient (Wildman–Crippen LogP) is 5.64. The zero-order valence-corrected chi connectivity index (χ0v) is 15.1. The van der Waals surface area contributed by atoms with Crippen molar-refractivity contribution >= 4 is 8.07 Å². The Labute approximate surface area is 128 Å². The number of rotatable bonds is 6. The van der Waals surface area contributed by atoms with Gasteiger partial charge in [-0.2, -0.15) is 0 Å². The molecule has 1 heterocycles. The van der Waals surface area contributed by atoms with E-state index in [4.69, 9.17) is 0 Å². The van der Waals surface area contributed by atoms with Crippen LogP contribution in [0.3, 0.4) is 0 Å². The van der Waals surface area contributed by atoms with Crippen molar-refractivity contribution in [1.29, 1.82) is 0 Å². The third-order valence-corrected chi connectivity index (χ3v) is 10.6. The lowest BCUT2D eigenvalue weighted by Gasteiger charge is -2.35. The molecule has 0 amide bonds. The molecule has 0 radical (unpaired) electrons. The lowest BCUT2D eigenvalue weighted by atomic mass is 10.1. The van der Waals surface area contributed by atoms with Crippen LogP contribution in [0.4, 0.5) is 0 Å². The Bertz CT molecular complexity index is 236. The van der Waals surface area contributed by atoms with Crippen LogP contribution in [-0.2, 0) is 0 Å². The maximum absolute atomic E-state index is 4.02. The van der Waals surface area contributed by atoms with Gasteiger partial charge in [-0.3, -0.25) is 0 Å². The van der Waals surface area contributed by atoms with Gasteiger partial charge in [0.1, 0.15) is 0 Å². The monoisotopic (exact) mass is 295 g/mol. The predicted molar refractivity (Wildman–Crippen MR) is 95.1 cm³/mol. The van der Waals surface area contributed by atoms with Crippen molar-refractivity contribution in [1.82, 2.24) is 4.90 Å². The molecule has 0 aliphatic carbocycles. The zero-order chi connectivity index (χ0) is 14.7. The SMILES string of the molecule is C=CC[Si](CC)(CC)CN1CCCCCCCCCC1. The molecule has 118 valence electrons. The zero-order valence-electron chi connectivity index (χ0n) is 14.1. The average Bonchev–Trinajstić information content (AvgIpc) is 2.53. The van der Waals surface area contributed by atoms with Gasteiger partial charge in [0.05, 0.1) is 8.07 Å². The summed E-state index contributed by atoms with van der Waals surface area (Å²) in [6.07, 6.45) is 15.2. The van der Waals surface area contributed by atoms with E-state index in [9.17, 15) is 0 Å². The fraction of sp³-hybridized carbons (Fsp3) is 0.889. The van der Waals surface area contributed by atoms with E-state index in [-0.39, 0.29) is 0 Å². The lowest BCUT2D eigenvalue weighted by Crippen LogP contribution is -2.46. The molecule has 0 unspecified atom stereocenters. The first kappa shape index (κ1) is 18.0. The standard InChI is InChI=1S/C18H37NSi/c1-4-17-20(5-2,6-3)18-19-15-13-11-9-7-8-10-12-14-16-19/h4H,1,5-18H2,2-3H3. The van der Waals surface area contributed by atoms with Gasteiger partial charge in [-0.25, -0.2) is 0 Å². The van der Waals surface area contributed by atoms with Crippen molar-refractivity contribution in [3.63, 3.8) is 0 Å². The molecule has 20 heavy (non-hydrogen) atoms. The van der Waals surface area contributed by atoms with Crippen LogP contribution in [0, 0.1) is 0 Å². The summed E-state index contributed by atoms with van der Waals surface area (Å²) < 4.78 is 0. The molecule has 0 aromatic carbocycles. The van der Waals surface area contributed by atoms with E-state index in [1.807, 2.05) is 0 Å². The van der Waals surface area contributed by atoms with Crippen molar-refractivity contribution in [2.75, 3.05) is 19.3 Å². The van der Waals surface area contributed by atoms with Gasteiger partial charge in [-0.1, -0.05) is 70.5 Å². The molecule has 0 bridgehead atoms. The van der Waals surface area contributed by atoms with Crippen LogP contribution in [0.5, 0.6) is 0 Å². The molecular formula is C18H37NSi. The molecule has 0 N–H and O–H groups in total. The topological polar surface area (TPSA) is 3.24 Å². The van der Waals surface area contributed by atoms with Crippen LogP contribution >= 0.6 is 0 Å². The van der Waals surface area contributed by atoms with Crippen LogP contribution in [0.15, 0.2) is 12.7 Å². The second kappa shape index (κ2) is 10.6. The smallest absolute Gasteiger partial charge is 0.0722 e. The second-order valence-corrected chi connectivity index (χ2v) is 11.9. The van der Waals surface area contributed by atoms with Crippen molar-refractivity contribution in [2.45, 2.75) is 83.3 Å². The van der Waals surface area contributed by atoms with Crippen molar-refractivity contribution in [3.05, 3.63) is 12.7 Å². The van der Waals surface area contributed by atoms with Crippen LogP contribution in [-0.4, -0.2) is 32.2 Å². The Morgan fingerprint density at radius 1 is 0.850 bits per heavy atom. The number of allylic oxidation sites excluding steroid dienone is 1. The van der Waals surface area contributed by atoms with Gasteiger partial charge in [0, 0.05) is 0 Å². The third-order valence-electron chi connectivity index (χ3n) is 5.34. The average molecular weight is 296 g/mol. The summed E-state index contributed by atoms with van der Waals surface area (Å²) in [6, 6.07) is 4.16. The first-order valence-corrected chi connectivity index (χ1v) is 11.9. The molecule has 1 rings (SSSR count). The molecule has 0 spiro atoms. The fourth-order valence-electron chi connectivity index (χ4n) is 3.61. The summed E-state index contributed by atoms with van der Waals surface area (Å²) in [4.78, 5) is 2.83. The van der Waals surface area contributed by atoms with Gasteiger partial charge in [-0.15, -0.1) is 6.58 Å². The van der Waals surface area contributed by atoms with Crippen molar-refractivity contribution < 1.29 is 0 Å². The van der Waals surface area contributed by atoms with Gasteiger partial charge in [0.15, 0.2) is 0 Å². The van der Waals surface area contributed by atoms with Gasteiger partial charge in [0.2, 0.25) is 0 Å². The minimum absolute atomic E-state index is 1.10. The molecule has 0 aromatic heterocycles. The van der Waals surface area contributed by atoms with Crippen LogP contribution in [0.25, 0.3) is 0 Å². The van der Waals surface area contributed by atoms with E-state index < -0.39 is 8.07 Å². The molecular weight excluding hydrogens is 258 g/mol. The maximum atomic E-state index is 4.02. The van der Waals surface area contributed by atoms with Gasteiger partial charge in [-0.05, 0) is 38.1 Å². The molecule has 1 saturated heterocycles. The number of hydrogen-bond donors (Lipinski definition) is 0. The summed E-state index contributed by atoms with van der Waals surface area (Å²) in [6.45, 7) is 11.6. The largest absolute Gasteiger partial charge is 0.306 e. The van der Waals surface area contributed by atoms with E-state index in [0.29, 0.717) is 0 Å². The Kier molecular flexibility index (Phi) is 9.54. The Hall–Kier alpha value is -0.0831. The quantitative estimate of drug-likeness (QED) is 0.453. The molecule has 1 nitrogen and oxygen atoms in total. The van der Waals surface area contributed by atoms with Crippen molar-refractivity contribution in [3.8, 4) is 0 Å². The Morgan fingerprint density at radius 3 is 1.70 bits per heavy atom. The summed E-state index contributed by atoms with van der Waals surface area (Å²) in [5, 5.41) is 0. The van der Waals surface area contributed by atoms with Crippen molar-refractivity contribution in [2.24, 2.45) is 0 Å². The minimum Gasteiger partial charge on any atom is -0.306 e. The molecule has 0 aromatic rings. The highest BCUT2D eigenvalue weighted by atomic mass is 28.3. The Morgan fingerprint density at radius 2 is 1.30 bits per heavy atom. The highest BCUT2D eigenvalue weighted by molar-refractivity contribution is 6.80. The number of hydrogen-bond acceptors (Lipinski definition) is 1. The van der Waals surface area contributed by atoms with Gasteiger partial charge < -0.3 is 4.90 Å². The van der Waals surface area contributed by atoms with Gasteiger partial charge >= 0.3 is 0 Å². The minimum atomic E-state index is -1.10. The maximum Gasteiger partial charge on any atom is 0.0722 e. The van der Waals surface area contributed by atoms with Gasteiger partial charge in [0.25, 0.3) is 0 Å². The third kappa shape index (κ3) is 6.58. The van der Waals surface area contributed by atoms with Crippen LogP contribution < -0.4 is 0 Å². The molecule has 2 heteroatoms. The van der Waals surface area contributed by atoms with E-state index in [0.717, 1.165) is 0 Å². The van der Waals surface area contributed by atoms with E-state index in [1.54, 1.807) is 0 Å². The summed E-state index contributed by atoms with van der Waals surface area (Å²) >= 11 is 0. The first-order chi connectivity index (χ1) is 9.76. The molecule has 0 atom stereocenters. The summed E-state index contributed by atoms with van der Waals surface area (Å²) in [5.41, 5.74) is 0. The molecule has 1 aliphatic rings. The lowest BCUT2D eigenvalue weighted by molar-refractivity contribution is 0.297. The Balaban J connectivity index is 2.55. The van der Waals surface area contributed by atoms with E-state index in [1.165, 1.54) is 88.8 Å². The first-order valence-electron chi connectivity index (χ1n) is 9.09. The molecule has 0 saturated carbocycles. The van der Waals surface area contributed by atoms with E-state index >= 15 is 0 Å². The highest BCUT2D eigenvalue weighted by Gasteiger charge is 2.29. The highest BCUT2D eigenvalue weighted by Crippen LogP contribution is 2.23. The molecule has 1 fully saturated rings. The summed E-state index contributed by atoms with van der Waals surface area (Å²) in [7, 11) is -1.10. The molecule has 1 aliphatic heterocycles. The van der Waals surface area contributed by atoms with Crippen LogP contribution in [0.2, 0.25) is 18.1 Å². The second-order valence-electron chi connectivity index (χ2n) is 6.80. The van der Waals surface area contributed by atoms with Crippen LogP contribution in [0.1, 0.15) is 65.2 Å². The summed E-state index contributed by atoms with van der Waals surface area (Å²) in [5.74, 6) is 0.